The molecule has 0 bridgehead atoms. The van der Waals surface area contributed by atoms with Crippen LogP contribution in [0.25, 0.3) is 16.7 Å². The second-order valence-corrected chi connectivity index (χ2v) is 7.76. The molecule has 0 unspecified atom stereocenters. The molecule has 0 aliphatic rings. The van der Waals surface area contributed by atoms with Crippen LogP contribution >= 0.6 is 15.9 Å². The molecule has 156 valence electrons. The zero-order valence-corrected chi connectivity index (χ0v) is 18.2. The number of benzene rings is 2. The third kappa shape index (κ3) is 3.99. The molecule has 0 atom stereocenters. The maximum atomic E-state index is 12.4. The number of nitrogens with one attached hydrogen (secondary N) is 1. The summed E-state index contributed by atoms with van der Waals surface area (Å²) < 4.78 is 8.54. The van der Waals surface area contributed by atoms with Crippen LogP contribution in [-0.4, -0.2) is 21.6 Å². The Kier molecular flexibility index (Phi) is 5.43. The summed E-state index contributed by atoms with van der Waals surface area (Å²) >= 11 is 3.58. The lowest BCUT2D eigenvalue weighted by Gasteiger charge is -2.11. The molecule has 31 heavy (non-hydrogen) atoms. The van der Waals surface area contributed by atoms with Crippen LogP contribution in [0.5, 0.6) is 0 Å². The van der Waals surface area contributed by atoms with Crippen LogP contribution in [0, 0.1) is 24.0 Å². The van der Waals surface area contributed by atoms with Crippen molar-refractivity contribution in [2.24, 2.45) is 5.10 Å². The van der Waals surface area contributed by atoms with Crippen molar-refractivity contribution in [1.29, 1.82) is 0 Å². The van der Waals surface area contributed by atoms with Gasteiger partial charge < -0.3 is 8.98 Å². The van der Waals surface area contributed by atoms with Crippen molar-refractivity contribution in [3.8, 4) is 5.69 Å². The van der Waals surface area contributed by atoms with Crippen LogP contribution < -0.4 is 5.43 Å². The zero-order chi connectivity index (χ0) is 22.1. The maximum Gasteiger partial charge on any atom is 0.307 e. The Balaban J connectivity index is 1.53. The number of amides is 1. The molecule has 0 radical (unpaired) electrons. The standard InChI is InChI=1S/C22H17BrN4O4/c1-13-9-16(14(2)26(13)19-6-4-3-5-18(19)23)12-24-25-22(28)21-11-15-10-17(27(29)30)7-8-20(15)31-21/h3-12H,1-2H3,(H,25,28)/b24-12+. The van der Waals surface area contributed by atoms with Gasteiger partial charge in [0.15, 0.2) is 5.76 Å². The van der Waals surface area contributed by atoms with Gasteiger partial charge >= 0.3 is 5.91 Å². The first-order valence-electron chi connectivity index (χ1n) is 9.30. The number of aryl methyl sites for hydroxylation is 1. The first-order valence-corrected chi connectivity index (χ1v) is 10.1. The van der Waals surface area contributed by atoms with E-state index in [0.717, 1.165) is 27.1 Å². The number of para-hydroxylation sites is 1. The molecule has 0 aliphatic heterocycles. The van der Waals surface area contributed by atoms with Gasteiger partial charge in [0.1, 0.15) is 5.58 Å². The number of fused-ring (bicyclic) bond motifs is 1. The molecule has 1 N–H and O–H groups in total. The summed E-state index contributed by atoms with van der Waals surface area (Å²) in [5, 5.41) is 15.4. The molecule has 9 heteroatoms. The van der Waals surface area contributed by atoms with E-state index in [1.54, 1.807) is 6.21 Å². The fourth-order valence-electron chi connectivity index (χ4n) is 3.39. The SMILES string of the molecule is Cc1cc(/C=N/NC(=O)c2cc3cc([N+](=O)[O-])ccc3o2)c(C)n1-c1ccccc1Br. The van der Waals surface area contributed by atoms with Crippen molar-refractivity contribution in [2.45, 2.75) is 13.8 Å². The number of non-ortho nitro benzene ring substituents is 1. The zero-order valence-electron chi connectivity index (χ0n) is 16.6. The van der Waals surface area contributed by atoms with Crippen LogP contribution in [0.1, 0.15) is 27.5 Å². The topological polar surface area (TPSA) is 103 Å². The molecule has 2 aromatic carbocycles. The number of nitro benzene ring substituents is 1. The van der Waals surface area contributed by atoms with Crippen LogP contribution in [0.4, 0.5) is 5.69 Å². The molecule has 0 spiro atoms. The van der Waals surface area contributed by atoms with Gasteiger partial charge in [-0.1, -0.05) is 12.1 Å². The van der Waals surface area contributed by atoms with Crippen molar-refractivity contribution < 1.29 is 14.1 Å². The highest BCUT2D eigenvalue weighted by molar-refractivity contribution is 9.10. The fraction of sp³-hybridized carbons (Fsp3) is 0.0909. The molecule has 4 aromatic rings. The second-order valence-electron chi connectivity index (χ2n) is 6.90. The molecule has 0 fully saturated rings. The molecule has 2 aromatic heterocycles. The van der Waals surface area contributed by atoms with Gasteiger partial charge in [-0.25, -0.2) is 5.43 Å². The Hall–Kier alpha value is -3.72. The molecule has 2 heterocycles. The average molecular weight is 481 g/mol. The number of carbonyl (C=O) groups is 1. The van der Waals surface area contributed by atoms with E-state index in [1.807, 2.05) is 44.2 Å². The van der Waals surface area contributed by atoms with Gasteiger partial charge in [0, 0.05) is 38.9 Å². The quantitative estimate of drug-likeness (QED) is 0.238. The lowest BCUT2D eigenvalue weighted by atomic mass is 10.2. The molecular formula is C22H17BrN4O4. The van der Waals surface area contributed by atoms with Crippen molar-refractivity contribution in [1.82, 2.24) is 9.99 Å². The Labute approximate surface area is 185 Å². The summed E-state index contributed by atoms with van der Waals surface area (Å²) in [4.78, 5) is 22.8. The molecule has 0 saturated carbocycles. The molecule has 8 nitrogen and oxygen atoms in total. The number of hydrazone groups is 1. The first-order chi connectivity index (χ1) is 14.8. The van der Waals surface area contributed by atoms with E-state index in [1.165, 1.54) is 24.3 Å². The summed E-state index contributed by atoms with van der Waals surface area (Å²) in [6.45, 7) is 3.97. The molecule has 1 amide bonds. The minimum Gasteiger partial charge on any atom is -0.451 e. The van der Waals surface area contributed by atoms with Crippen LogP contribution in [-0.2, 0) is 0 Å². The third-order valence-corrected chi connectivity index (χ3v) is 5.54. The molecule has 0 aliphatic carbocycles. The minimum atomic E-state index is -0.547. The molecular weight excluding hydrogens is 464 g/mol. The fourth-order valence-corrected chi connectivity index (χ4v) is 3.86. The Bertz CT molecular complexity index is 1350. The third-order valence-electron chi connectivity index (χ3n) is 4.87. The molecule has 4 rings (SSSR count). The smallest absolute Gasteiger partial charge is 0.307 e. The number of hydrogen-bond donors (Lipinski definition) is 1. The Morgan fingerprint density at radius 2 is 1.97 bits per heavy atom. The van der Waals surface area contributed by atoms with Gasteiger partial charge in [0.2, 0.25) is 0 Å². The number of halogens is 1. The number of nitrogens with zero attached hydrogens (tertiary/aromatic N) is 3. The van der Waals surface area contributed by atoms with Crippen LogP contribution in [0.2, 0.25) is 0 Å². The van der Waals surface area contributed by atoms with E-state index in [2.05, 4.69) is 31.0 Å². The lowest BCUT2D eigenvalue weighted by Crippen LogP contribution is -2.16. The van der Waals surface area contributed by atoms with E-state index in [9.17, 15) is 14.9 Å². The van der Waals surface area contributed by atoms with Crippen molar-refractivity contribution in [3.05, 3.63) is 91.9 Å². The normalized spacial score (nSPS) is 11.3. The monoisotopic (exact) mass is 480 g/mol. The van der Waals surface area contributed by atoms with E-state index in [-0.39, 0.29) is 11.4 Å². The number of furan rings is 1. The minimum absolute atomic E-state index is 0.0198. The predicted octanol–water partition coefficient (Wildman–Crippen LogP) is 5.27. The van der Waals surface area contributed by atoms with E-state index >= 15 is 0 Å². The van der Waals surface area contributed by atoms with Gasteiger partial charge in [-0.15, -0.1) is 0 Å². The van der Waals surface area contributed by atoms with E-state index < -0.39 is 10.8 Å². The van der Waals surface area contributed by atoms with Gasteiger partial charge in [-0.2, -0.15) is 5.10 Å². The summed E-state index contributed by atoms with van der Waals surface area (Å²) in [5.41, 5.74) is 6.61. The van der Waals surface area contributed by atoms with E-state index in [4.69, 9.17) is 4.42 Å². The first kappa shape index (κ1) is 20.5. The van der Waals surface area contributed by atoms with Crippen LogP contribution in [0.3, 0.4) is 0 Å². The number of hydrogen-bond acceptors (Lipinski definition) is 5. The summed E-state index contributed by atoms with van der Waals surface area (Å²) in [6, 6.07) is 15.5. The second kappa shape index (κ2) is 8.19. The predicted molar refractivity (Wildman–Crippen MR) is 121 cm³/mol. The largest absolute Gasteiger partial charge is 0.451 e. The van der Waals surface area contributed by atoms with Crippen molar-refractivity contribution in [2.75, 3.05) is 0 Å². The Morgan fingerprint density at radius 1 is 1.19 bits per heavy atom. The summed E-state index contributed by atoms with van der Waals surface area (Å²) in [7, 11) is 0. The van der Waals surface area contributed by atoms with Crippen LogP contribution in [0.15, 0.2) is 68.6 Å². The lowest BCUT2D eigenvalue weighted by molar-refractivity contribution is -0.384. The maximum absolute atomic E-state index is 12.4. The van der Waals surface area contributed by atoms with Gasteiger partial charge in [0.25, 0.3) is 5.69 Å². The summed E-state index contributed by atoms with van der Waals surface area (Å²) in [5.74, 6) is -0.527. The van der Waals surface area contributed by atoms with Crippen molar-refractivity contribution >= 4 is 44.7 Å². The van der Waals surface area contributed by atoms with Gasteiger partial charge in [-0.3, -0.25) is 14.9 Å². The Morgan fingerprint density at radius 3 is 2.71 bits per heavy atom. The number of rotatable bonds is 5. The number of aromatic nitrogens is 1. The van der Waals surface area contributed by atoms with Gasteiger partial charge in [-0.05, 0) is 60.1 Å². The average Bonchev–Trinajstić information content (AvgIpc) is 3.29. The highest BCUT2D eigenvalue weighted by atomic mass is 79.9. The molecule has 0 saturated heterocycles. The number of carbonyl (C=O) groups excluding carboxylic acids is 1. The number of nitro groups is 1. The highest BCUT2D eigenvalue weighted by Crippen LogP contribution is 2.26. The van der Waals surface area contributed by atoms with Gasteiger partial charge in [0.05, 0.1) is 16.8 Å². The summed E-state index contributed by atoms with van der Waals surface area (Å²) in [6.07, 6.45) is 1.57. The van der Waals surface area contributed by atoms with Crippen molar-refractivity contribution in [3.63, 3.8) is 0 Å². The highest BCUT2D eigenvalue weighted by Gasteiger charge is 2.15. The van der Waals surface area contributed by atoms with E-state index in [0.29, 0.717) is 11.0 Å².